The van der Waals surface area contributed by atoms with E-state index in [1.165, 1.54) is 0 Å². The second-order valence-electron chi connectivity index (χ2n) is 4.87. The third kappa shape index (κ3) is 4.64. The Hall–Kier alpha value is -2.26. The lowest BCUT2D eigenvalue weighted by molar-refractivity contribution is 0.266. The standard InChI is InChI=1S/C19H23NO2/c1-3-13-20-14-17-11-8-12-18(21-4-2)19(17)22-15-16-9-6-5-7-10-16/h3,5-12,20H,1,4,13-15H2,2H3. The molecule has 0 fully saturated rings. The van der Waals surface area contributed by atoms with Gasteiger partial charge in [-0.05, 0) is 18.6 Å². The van der Waals surface area contributed by atoms with Crippen molar-refractivity contribution in [3.8, 4) is 11.5 Å². The Balaban J connectivity index is 2.15. The second kappa shape index (κ2) is 8.90. The summed E-state index contributed by atoms with van der Waals surface area (Å²) in [6, 6.07) is 16.1. The summed E-state index contributed by atoms with van der Waals surface area (Å²) in [5.41, 5.74) is 2.22. The van der Waals surface area contributed by atoms with E-state index in [9.17, 15) is 0 Å². The molecule has 3 heteroatoms. The fraction of sp³-hybridized carbons (Fsp3) is 0.263. The van der Waals surface area contributed by atoms with E-state index in [1.54, 1.807) is 0 Å². The molecule has 0 aliphatic rings. The van der Waals surface area contributed by atoms with Crippen molar-refractivity contribution in [2.24, 2.45) is 0 Å². The van der Waals surface area contributed by atoms with Crippen molar-refractivity contribution in [1.82, 2.24) is 5.32 Å². The van der Waals surface area contributed by atoms with Crippen LogP contribution in [0.4, 0.5) is 0 Å². The van der Waals surface area contributed by atoms with Gasteiger partial charge in [0.05, 0.1) is 6.61 Å². The van der Waals surface area contributed by atoms with Crippen LogP contribution in [0, 0.1) is 0 Å². The maximum atomic E-state index is 6.05. The predicted molar refractivity (Wildman–Crippen MR) is 90.3 cm³/mol. The molecule has 22 heavy (non-hydrogen) atoms. The van der Waals surface area contributed by atoms with Gasteiger partial charge in [0, 0.05) is 18.7 Å². The molecule has 0 unspecified atom stereocenters. The maximum Gasteiger partial charge on any atom is 0.166 e. The van der Waals surface area contributed by atoms with Crippen LogP contribution in [-0.4, -0.2) is 13.2 Å². The number of benzene rings is 2. The molecule has 0 aliphatic heterocycles. The lowest BCUT2D eigenvalue weighted by Crippen LogP contribution is -2.14. The van der Waals surface area contributed by atoms with Gasteiger partial charge in [-0.2, -0.15) is 0 Å². The molecule has 0 saturated carbocycles. The first kappa shape index (κ1) is 16.1. The molecule has 3 nitrogen and oxygen atoms in total. The Morgan fingerprint density at radius 3 is 2.59 bits per heavy atom. The van der Waals surface area contributed by atoms with Gasteiger partial charge >= 0.3 is 0 Å². The molecule has 2 aromatic rings. The first-order chi connectivity index (χ1) is 10.8. The van der Waals surface area contributed by atoms with Crippen LogP contribution < -0.4 is 14.8 Å². The molecule has 0 saturated heterocycles. The molecule has 1 N–H and O–H groups in total. The number of rotatable bonds is 9. The number of ether oxygens (including phenoxy) is 2. The van der Waals surface area contributed by atoms with Gasteiger partial charge in [0.15, 0.2) is 11.5 Å². The minimum absolute atomic E-state index is 0.527. The smallest absolute Gasteiger partial charge is 0.166 e. The van der Waals surface area contributed by atoms with Crippen LogP contribution in [0.1, 0.15) is 18.1 Å². The quantitative estimate of drug-likeness (QED) is 0.562. The van der Waals surface area contributed by atoms with E-state index in [0.29, 0.717) is 13.2 Å². The third-order valence-electron chi connectivity index (χ3n) is 3.19. The Bertz CT molecular complexity index is 581. The van der Waals surface area contributed by atoms with Crippen LogP contribution >= 0.6 is 0 Å². The third-order valence-corrected chi connectivity index (χ3v) is 3.19. The van der Waals surface area contributed by atoms with Gasteiger partial charge in [-0.25, -0.2) is 0 Å². The number of para-hydroxylation sites is 1. The summed E-state index contributed by atoms with van der Waals surface area (Å²) < 4.78 is 11.7. The Kier molecular flexibility index (Phi) is 6.52. The SMILES string of the molecule is C=CCNCc1cccc(OCC)c1OCc1ccccc1. The van der Waals surface area contributed by atoms with Crippen LogP contribution in [0.5, 0.6) is 11.5 Å². The topological polar surface area (TPSA) is 30.5 Å². The summed E-state index contributed by atoms with van der Waals surface area (Å²) >= 11 is 0. The Morgan fingerprint density at radius 2 is 1.86 bits per heavy atom. The summed E-state index contributed by atoms with van der Waals surface area (Å²) in [4.78, 5) is 0. The molecule has 2 rings (SSSR count). The second-order valence-corrected chi connectivity index (χ2v) is 4.87. The monoisotopic (exact) mass is 297 g/mol. The number of hydrogen-bond donors (Lipinski definition) is 1. The highest BCUT2D eigenvalue weighted by Gasteiger charge is 2.11. The average Bonchev–Trinajstić information content (AvgIpc) is 2.55. The van der Waals surface area contributed by atoms with Gasteiger partial charge in [0.2, 0.25) is 0 Å². The van der Waals surface area contributed by atoms with Crippen molar-refractivity contribution < 1.29 is 9.47 Å². The Morgan fingerprint density at radius 1 is 1.05 bits per heavy atom. The fourth-order valence-corrected chi connectivity index (χ4v) is 2.17. The maximum absolute atomic E-state index is 6.05. The highest BCUT2D eigenvalue weighted by atomic mass is 16.5. The van der Waals surface area contributed by atoms with Crippen molar-refractivity contribution in [2.75, 3.05) is 13.2 Å². The zero-order chi connectivity index (χ0) is 15.6. The van der Waals surface area contributed by atoms with Gasteiger partial charge in [-0.15, -0.1) is 6.58 Å². The Labute approximate surface area is 132 Å². The highest BCUT2D eigenvalue weighted by molar-refractivity contribution is 5.46. The van der Waals surface area contributed by atoms with Gasteiger partial charge in [0.25, 0.3) is 0 Å². The molecule has 0 aromatic heterocycles. The number of hydrogen-bond acceptors (Lipinski definition) is 3. The fourth-order valence-electron chi connectivity index (χ4n) is 2.17. The summed E-state index contributed by atoms with van der Waals surface area (Å²) in [7, 11) is 0. The van der Waals surface area contributed by atoms with Crippen LogP contribution in [0.25, 0.3) is 0 Å². The summed E-state index contributed by atoms with van der Waals surface area (Å²) in [6.07, 6.45) is 1.84. The molecule has 0 spiro atoms. The summed E-state index contributed by atoms with van der Waals surface area (Å²) in [5.74, 6) is 1.60. The molecule has 0 amide bonds. The molecule has 2 aromatic carbocycles. The normalized spacial score (nSPS) is 10.2. The van der Waals surface area contributed by atoms with E-state index in [0.717, 1.165) is 35.7 Å². The molecule has 0 aliphatic carbocycles. The van der Waals surface area contributed by atoms with E-state index in [2.05, 4.69) is 30.1 Å². The van der Waals surface area contributed by atoms with Gasteiger partial charge < -0.3 is 14.8 Å². The van der Waals surface area contributed by atoms with Crippen molar-refractivity contribution >= 4 is 0 Å². The number of nitrogens with one attached hydrogen (secondary N) is 1. The average molecular weight is 297 g/mol. The van der Waals surface area contributed by atoms with E-state index in [1.807, 2.05) is 43.3 Å². The van der Waals surface area contributed by atoms with Crippen LogP contribution in [-0.2, 0) is 13.2 Å². The molecular weight excluding hydrogens is 274 g/mol. The summed E-state index contributed by atoms with van der Waals surface area (Å²) in [5, 5.41) is 3.31. The first-order valence-electron chi connectivity index (χ1n) is 7.58. The predicted octanol–water partition coefficient (Wildman–Crippen LogP) is 3.94. The highest BCUT2D eigenvalue weighted by Crippen LogP contribution is 2.32. The largest absolute Gasteiger partial charge is 0.490 e. The van der Waals surface area contributed by atoms with Gasteiger partial charge in [0.1, 0.15) is 6.61 Å². The van der Waals surface area contributed by atoms with E-state index < -0.39 is 0 Å². The van der Waals surface area contributed by atoms with Crippen LogP contribution in [0.15, 0.2) is 61.2 Å². The zero-order valence-corrected chi connectivity index (χ0v) is 13.0. The molecular formula is C19H23NO2. The molecule has 0 radical (unpaired) electrons. The molecule has 0 bridgehead atoms. The first-order valence-corrected chi connectivity index (χ1v) is 7.58. The van der Waals surface area contributed by atoms with Crippen LogP contribution in [0.2, 0.25) is 0 Å². The lowest BCUT2D eigenvalue weighted by Gasteiger charge is -2.16. The van der Waals surface area contributed by atoms with Crippen molar-refractivity contribution in [3.05, 3.63) is 72.3 Å². The van der Waals surface area contributed by atoms with Gasteiger partial charge in [-0.3, -0.25) is 0 Å². The molecule has 116 valence electrons. The van der Waals surface area contributed by atoms with Crippen molar-refractivity contribution in [1.29, 1.82) is 0 Å². The van der Waals surface area contributed by atoms with Crippen molar-refractivity contribution in [2.45, 2.75) is 20.1 Å². The minimum atomic E-state index is 0.527. The van der Waals surface area contributed by atoms with Crippen LogP contribution in [0.3, 0.4) is 0 Å². The van der Waals surface area contributed by atoms with E-state index >= 15 is 0 Å². The molecule has 0 heterocycles. The van der Waals surface area contributed by atoms with Gasteiger partial charge in [-0.1, -0.05) is 48.5 Å². The summed E-state index contributed by atoms with van der Waals surface area (Å²) in [6.45, 7) is 8.32. The van der Waals surface area contributed by atoms with Crippen molar-refractivity contribution in [3.63, 3.8) is 0 Å². The van der Waals surface area contributed by atoms with E-state index in [4.69, 9.17) is 9.47 Å². The minimum Gasteiger partial charge on any atom is -0.490 e. The lowest BCUT2D eigenvalue weighted by atomic mass is 10.1. The molecule has 0 atom stereocenters. The van der Waals surface area contributed by atoms with E-state index in [-0.39, 0.29) is 0 Å². The zero-order valence-electron chi connectivity index (χ0n) is 13.0.